The molecule has 4 aromatic carbocycles. The number of fused-ring (bicyclic) bond motifs is 1. The van der Waals surface area contributed by atoms with Gasteiger partial charge in [0.05, 0.1) is 0 Å². The molecule has 0 bridgehead atoms. The second kappa shape index (κ2) is 14.5. The van der Waals surface area contributed by atoms with Crippen molar-refractivity contribution in [1.82, 2.24) is 0 Å². The minimum Gasteiger partial charge on any atom is -0.147 e. The first-order valence-electron chi connectivity index (χ1n) is 15.9. The number of carbonyl (C=O) groups is 2. The predicted octanol–water partition coefficient (Wildman–Crippen LogP) is 8.15. The molecule has 0 aliphatic carbocycles. The fraction of sp³-hybridized carbons (Fsp3) is 0.289. The van der Waals surface area contributed by atoms with Crippen molar-refractivity contribution in [1.29, 1.82) is 0 Å². The SMILES string of the molecule is Cc1cc(C)c(N2CCN(c3c(C)cc(C)cc3C)[CH]2/[Ru]=[CH]/c2cccc3c2OC(C)C(=O)N3C(=O)c2c(F)c(F)c(F)c(F)c2F)c(C)c1.Cl. The fourth-order valence-corrected chi connectivity index (χ4v) is 9.57. The van der Waals surface area contributed by atoms with Crippen molar-refractivity contribution in [2.45, 2.75) is 59.3 Å². The van der Waals surface area contributed by atoms with Gasteiger partial charge >= 0.3 is 295 Å². The zero-order valence-corrected chi connectivity index (χ0v) is 31.5. The van der Waals surface area contributed by atoms with Crippen LogP contribution in [0.2, 0.25) is 0 Å². The Labute approximate surface area is 306 Å². The largest absolute Gasteiger partial charge is 0.147 e. The van der Waals surface area contributed by atoms with Crippen molar-refractivity contribution in [3.05, 3.63) is 116 Å². The summed E-state index contributed by atoms with van der Waals surface area (Å²) >= 11 is -0.654. The number of imide groups is 1. The van der Waals surface area contributed by atoms with Gasteiger partial charge in [0.2, 0.25) is 0 Å². The van der Waals surface area contributed by atoms with Crippen molar-refractivity contribution in [2.24, 2.45) is 0 Å². The van der Waals surface area contributed by atoms with Gasteiger partial charge in [-0.15, -0.1) is 12.4 Å². The van der Waals surface area contributed by atoms with E-state index in [1.807, 2.05) is 4.61 Å². The van der Waals surface area contributed by atoms with Gasteiger partial charge in [-0.2, -0.15) is 0 Å². The molecular weight excluding hydrogens is 778 g/mol. The molecule has 271 valence electrons. The minimum absolute atomic E-state index is 0. The molecule has 1 atom stereocenters. The zero-order valence-electron chi connectivity index (χ0n) is 28.9. The second-order valence-electron chi connectivity index (χ2n) is 12.8. The molecule has 1 fully saturated rings. The number of amides is 2. The molecule has 1 unspecified atom stereocenters. The van der Waals surface area contributed by atoms with Crippen molar-refractivity contribution in [3.63, 3.8) is 0 Å². The molecule has 6 nitrogen and oxygen atoms in total. The predicted molar refractivity (Wildman–Crippen MR) is 187 cm³/mol. The Kier molecular flexibility index (Phi) is 10.8. The van der Waals surface area contributed by atoms with Gasteiger partial charge in [-0.25, -0.2) is 0 Å². The van der Waals surface area contributed by atoms with Gasteiger partial charge < -0.3 is 0 Å². The van der Waals surface area contributed by atoms with E-state index in [1.165, 1.54) is 24.1 Å². The molecule has 0 N–H and O–H groups in total. The number of nitrogens with zero attached hydrogens (tertiary/aromatic N) is 3. The van der Waals surface area contributed by atoms with E-state index in [9.17, 15) is 31.5 Å². The Bertz CT molecular complexity index is 1990. The van der Waals surface area contributed by atoms with Gasteiger partial charge in [-0.05, 0) is 0 Å². The molecule has 1 saturated heterocycles. The molecular formula is C38H36ClF5N3O3Ru. The maximum Gasteiger partial charge on any atom is -0.147 e. The fourth-order valence-electron chi connectivity index (χ4n) is 7.08. The number of ether oxygens (including phenoxy) is 1. The number of para-hydroxylation sites is 1. The third-order valence-electron chi connectivity index (χ3n) is 8.96. The molecule has 0 aromatic heterocycles. The molecule has 2 heterocycles. The van der Waals surface area contributed by atoms with Crippen LogP contribution in [0.25, 0.3) is 0 Å². The average Bonchev–Trinajstić information content (AvgIpc) is 3.44. The molecule has 0 saturated carbocycles. The molecule has 51 heavy (non-hydrogen) atoms. The summed E-state index contributed by atoms with van der Waals surface area (Å²) in [6, 6.07) is 13.3. The first-order valence-corrected chi connectivity index (χ1v) is 17.9. The monoisotopic (exact) mass is 814 g/mol. The van der Waals surface area contributed by atoms with Crippen LogP contribution in [-0.4, -0.2) is 40.4 Å². The van der Waals surface area contributed by atoms with Crippen LogP contribution in [0.3, 0.4) is 0 Å². The summed E-state index contributed by atoms with van der Waals surface area (Å²) in [4.78, 5) is 32.1. The standard InChI is InChI=1S/C21H27N2.C17H8F5NO3.ClH.Ru/c1-14-9-16(3)20(17(4)10-14)22-7-8-23(13-22)21-18(5)11-15(2)12-19(21)6;1-6-4-3-5-8-15(6)26-7(2)16(24)23(8)17(25)9-10(18)12(20)14(22)13(21)11(9)19;;/h9-13H,7-8H2,1-6H3;1,3-5,7H,2H3;1H;. The van der Waals surface area contributed by atoms with E-state index in [0.717, 1.165) is 46.7 Å². The van der Waals surface area contributed by atoms with Crippen LogP contribution < -0.4 is 19.4 Å². The molecule has 13 heteroatoms. The number of rotatable bonds is 5. The average molecular weight is 814 g/mol. The summed E-state index contributed by atoms with van der Waals surface area (Å²) in [5, 5.41) is 0. The quantitative estimate of drug-likeness (QED) is 0.0670. The summed E-state index contributed by atoms with van der Waals surface area (Å²) in [5.74, 6) is -14.2. The zero-order chi connectivity index (χ0) is 36.3. The van der Waals surface area contributed by atoms with E-state index in [2.05, 4.69) is 75.6 Å². The Morgan fingerprint density at radius 1 is 0.765 bits per heavy atom. The number of hydrogen-bond acceptors (Lipinski definition) is 5. The van der Waals surface area contributed by atoms with Gasteiger partial charge in [0.25, 0.3) is 0 Å². The van der Waals surface area contributed by atoms with Crippen LogP contribution in [-0.2, 0) is 21.5 Å². The van der Waals surface area contributed by atoms with Crippen molar-refractivity contribution in [3.8, 4) is 5.75 Å². The maximum absolute atomic E-state index is 14.8. The minimum atomic E-state index is -2.40. The topological polar surface area (TPSA) is 53.1 Å². The number of halogens is 6. The van der Waals surface area contributed by atoms with Crippen molar-refractivity contribution < 1.29 is 53.0 Å². The molecule has 4 aromatic rings. The number of hydrogen-bond donors (Lipinski definition) is 0. The smallest absolute Gasteiger partial charge is 0.147 e. The maximum atomic E-state index is 14.8. The third-order valence-corrected chi connectivity index (χ3v) is 11.4. The van der Waals surface area contributed by atoms with E-state index in [1.54, 1.807) is 12.1 Å². The van der Waals surface area contributed by atoms with E-state index in [4.69, 9.17) is 4.74 Å². The number of aryl methyl sites for hydroxylation is 6. The summed E-state index contributed by atoms with van der Waals surface area (Å²) in [6.45, 7) is 15.4. The Hall–Kier alpha value is -4.15. The number of benzene rings is 4. The van der Waals surface area contributed by atoms with Gasteiger partial charge in [0, 0.05) is 0 Å². The summed E-state index contributed by atoms with van der Waals surface area (Å²) in [6.07, 6.45) is -1.30. The van der Waals surface area contributed by atoms with Crippen molar-refractivity contribution >= 4 is 45.9 Å². The molecule has 2 aliphatic rings. The van der Waals surface area contributed by atoms with E-state index in [-0.39, 0.29) is 28.6 Å². The van der Waals surface area contributed by atoms with Gasteiger partial charge in [0.1, 0.15) is 0 Å². The summed E-state index contributed by atoms with van der Waals surface area (Å²) in [7, 11) is 0. The third kappa shape index (κ3) is 6.57. The molecule has 2 amide bonds. The van der Waals surface area contributed by atoms with Gasteiger partial charge in [-0.3, -0.25) is 0 Å². The first-order chi connectivity index (χ1) is 23.6. The molecule has 6 rings (SSSR count). The molecule has 2 aliphatic heterocycles. The Morgan fingerprint density at radius 3 is 1.69 bits per heavy atom. The van der Waals surface area contributed by atoms with Crippen molar-refractivity contribution in [2.75, 3.05) is 27.8 Å². The van der Waals surface area contributed by atoms with E-state index >= 15 is 0 Å². The Balaban J connectivity index is 0.00000504. The van der Waals surface area contributed by atoms with Crippen LogP contribution in [0.5, 0.6) is 5.75 Å². The van der Waals surface area contributed by atoms with E-state index in [0.29, 0.717) is 10.5 Å². The van der Waals surface area contributed by atoms with Gasteiger partial charge in [-0.1, -0.05) is 0 Å². The molecule has 0 radical (unpaired) electrons. The van der Waals surface area contributed by atoms with Gasteiger partial charge in [0.15, 0.2) is 0 Å². The summed E-state index contributed by atoms with van der Waals surface area (Å²) < 4.78 is 79.5. The van der Waals surface area contributed by atoms with E-state index < -0.39 is 69.2 Å². The summed E-state index contributed by atoms with van der Waals surface area (Å²) in [5.41, 5.74) is 7.90. The van der Waals surface area contributed by atoms with Crippen LogP contribution in [0.4, 0.5) is 39.0 Å². The Morgan fingerprint density at radius 2 is 1.22 bits per heavy atom. The molecule has 0 spiro atoms. The van der Waals surface area contributed by atoms with Crippen LogP contribution in [0, 0.1) is 70.6 Å². The second-order valence-corrected chi connectivity index (χ2v) is 14.8. The number of carbonyl (C=O) groups excluding carboxylic acids is 2. The first kappa shape index (κ1) is 38.1. The van der Waals surface area contributed by atoms with Crippen LogP contribution in [0.1, 0.15) is 56.2 Å². The normalized spacial score (nSPS) is 16.3. The van der Waals surface area contributed by atoms with Crippen LogP contribution in [0.15, 0.2) is 42.5 Å². The number of anilines is 3. The van der Waals surface area contributed by atoms with Crippen LogP contribution >= 0.6 is 12.4 Å².